The number of imidazole rings is 1. The summed E-state index contributed by atoms with van der Waals surface area (Å²) in [7, 11) is 1.84. The van der Waals surface area contributed by atoms with E-state index >= 15 is 0 Å². The van der Waals surface area contributed by atoms with Crippen molar-refractivity contribution in [3.05, 3.63) is 54.1 Å². The molecule has 30 heavy (non-hydrogen) atoms. The molecule has 0 unspecified atom stereocenters. The van der Waals surface area contributed by atoms with Gasteiger partial charge in [0.05, 0.1) is 6.33 Å². The topological polar surface area (TPSA) is 63.5 Å². The maximum atomic E-state index is 5.62. The molecule has 0 saturated heterocycles. The average Bonchev–Trinajstić information content (AvgIpc) is 3.42. The van der Waals surface area contributed by atoms with E-state index in [1.165, 1.54) is 36.8 Å². The fraction of sp³-hybridized carbons (Fsp3) is 0.565. The molecule has 2 N–H and O–H groups in total. The van der Waals surface area contributed by atoms with Crippen molar-refractivity contribution in [3.63, 3.8) is 0 Å². The van der Waals surface area contributed by atoms with Crippen LogP contribution in [-0.4, -0.2) is 42.3 Å². The maximum Gasteiger partial charge on any atom is 0.191 e. The lowest BCUT2D eigenvalue weighted by atomic mass is 9.83. The van der Waals surface area contributed by atoms with Crippen molar-refractivity contribution in [2.45, 2.75) is 52.1 Å². The van der Waals surface area contributed by atoms with Crippen LogP contribution in [0.1, 0.15) is 50.2 Å². The average molecular weight is 525 g/mol. The van der Waals surface area contributed by atoms with Gasteiger partial charge in [-0.3, -0.25) is 4.99 Å². The Kier molecular flexibility index (Phi) is 10.6. The number of halogens is 1. The Balaban J connectivity index is 0.00000320. The van der Waals surface area contributed by atoms with Gasteiger partial charge in [-0.15, -0.1) is 24.0 Å². The quantitative estimate of drug-likeness (QED) is 0.211. The van der Waals surface area contributed by atoms with Gasteiger partial charge in [-0.1, -0.05) is 37.1 Å². The monoisotopic (exact) mass is 525 g/mol. The lowest BCUT2D eigenvalue weighted by molar-refractivity contribution is 0.105. The Morgan fingerprint density at radius 2 is 1.90 bits per heavy atom. The normalized spacial score (nSPS) is 15.6. The van der Waals surface area contributed by atoms with E-state index < -0.39 is 0 Å². The number of aromatic nitrogens is 2. The van der Waals surface area contributed by atoms with Gasteiger partial charge in [0.2, 0.25) is 0 Å². The van der Waals surface area contributed by atoms with Gasteiger partial charge in [0.25, 0.3) is 0 Å². The zero-order chi connectivity index (χ0) is 20.4. The van der Waals surface area contributed by atoms with Crippen LogP contribution in [0.15, 0.2) is 48.0 Å². The van der Waals surface area contributed by atoms with E-state index in [4.69, 9.17) is 4.74 Å². The SMILES string of the molecule is CCOCCC1(CNC(=NC)NCc2ccc(Cn3ccnc3)cc2)CCCC1.I. The second-order valence-corrected chi connectivity index (χ2v) is 7.98. The lowest BCUT2D eigenvalue weighted by Crippen LogP contribution is -2.43. The molecule has 0 aliphatic heterocycles. The summed E-state index contributed by atoms with van der Waals surface area (Å²) in [5.41, 5.74) is 2.86. The number of hydrogen-bond donors (Lipinski definition) is 2. The molecule has 1 heterocycles. The molecule has 0 spiro atoms. The largest absolute Gasteiger partial charge is 0.382 e. The number of hydrogen-bond acceptors (Lipinski definition) is 3. The minimum Gasteiger partial charge on any atom is -0.382 e. The summed E-state index contributed by atoms with van der Waals surface area (Å²) >= 11 is 0. The van der Waals surface area contributed by atoms with Crippen LogP contribution in [0.3, 0.4) is 0 Å². The minimum atomic E-state index is 0. The molecule has 0 bridgehead atoms. The Morgan fingerprint density at radius 1 is 1.17 bits per heavy atom. The number of aliphatic imine (C=N–C) groups is 1. The molecule has 1 aliphatic carbocycles. The van der Waals surface area contributed by atoms with E-state index in [0.29, 0.717) is 5.41 Å². The fourth-order valence-electron chi connectivity index (χ4n) is 4.10. The summed E-state index contributed by atoms with van der Waals surface area (Å²) in [6, 6.07) is 8.70. The van der Waals surface area contributed by atoms with Gasteiger partial charge in [0.1, 0.15) is 0 Å². The molecule has 6 nitrogen and oxygen atoms in total. The van der Waals surface area contributed by atoms with Crippen LogP contribution < -0.4 is 10.6 Å². The van der Waals surface area contributed by atoms with Crippen LogP contribution in [0, 0.1) is 5.41 Å². The molecule has 7 heteroatoms. The van der Waals surface area contributed by atoms with Crippen LogP contribution in [0.25, 0.3) is 0 Å². The molecule has 1 saturated carbocycles. The van der Waals surface area contributed by atoms with E-state index in [-0.39, 0.29) is 24.0 Å². The minimum absolute atomic E-state index is 0. The third-order valence-electron chi connectivity index (χ3n) is 5.91. The van der Waals surface area contributed by atoms with Crippen molar-refractivity contribution < 1.29 is 4.74 Å². The van der Waals surface area contributed by atoms with Gasteiger partial charge < -0.3 is 19.9 Å². The van der Waals surface area contributed by atoms with Crippen molar-refractivity contribution in [1.82, 2.24) is 20.2 Å². The fourth-order valence-corrected chi connectivity index (χ4v) is 4.10. The molecule has 2 aromatic rings. The number of benzene rings is 1. The molecule has 3 rings (SSSR count). The van der Waals surface area contributed by atoms with E-state index in [0.717, 1.165) is 45.2 Å². The summed E-state index contributed by atoms with van der Waals surface area (Å²) in [5.74, 6) is 0.871. The molecular weight excluding hydrogens is 489 g/mol. The smallest absolute Gasteiger partial charge is 0.191 e. The molecule has 0 radical (unpaired) electrons. The first-order valence-electron chi connectivity index (χ1n) is 10.8. The summed E-state index contributed by atoms with van der Waals surface area (Å²) < 4.78 is 7.70. The van der Waals surface area contributed by atoms with Crippen molar-refractivity contribution in [2.24, 2.45) is 10.4 Å². The van der Waals surface area contributed by atoms with Crippen LogP contribution in [0.5, 0.6) is 0 Å². The van der Waals surface area contributed by atoms with Crippen molar-refractivity contribution >= 4 is 29.9 Å². The number of nitrogens with one attached hydrogen (secondary N) is 2. The highest BCUT2D eigenvalue weighted by Gasteiger charge is 2.33. The Hall–Kier alpha value is -1.61. The van der Waals surface area contributed by atoms with Crippen LogP contribution in [0.4, 0.5) is 0 Å². The number of ether oxygens (including phenoxy) is 1. The number of rotatable bonds is 10. The Morgan fingerprint density at radius 3 is 2.53 bits per heavy atom. The lowest BCUT2D eigenvalue weighted by Gasteiger charge is -2.30. The maximum absolute atomic E-state index is 5.62. The van der Waals surface area contributed by atoms with Gasteiger partial charge >= 0.3 is 0 Å². The first-order chi connectivity index (χ1) is 14.2. The van der Waals surface area contributed by atoms with Crippen molar-refractivity contribution in [1.29, 1.82) is 0 Å². The summed E-state index contributed by atoms with van der Waals surface area (Å²) in [6.45, 7) is 6.29. The highest BCUT2D eigenvalue weighted by atomic mass is 127. The summed E-state index contributed by atoms with van der Waals surface area (Å²) in [6.07, 6.45) is 12.0. The molecule has 1 fully saturated rings. The van der Waals surface area contributed by atoms with Crippen molar-refractivity contribution in [3.8, 4) is 0 Å². The van der Waals surface area contributed by atoms with Crippen molar-refractivity contribution in [2.75, 3.05) is 26.8 Å². The van der Waals surface area contributed by atoms with E-state index in [2.05, 4.69) is 56.4 Å². The summed E-state index contributed by atoms with van der Waals surface area (Å²) in [4.78, 5) is 8.50. The molecular formula is C23H36IN5O. The van der Waals surface area contributed by atoms with Crippen LogP contribution in [-0.2, 0) is 17.8 Å². The first-order valence-corrected chi connectivity index (χ1v) is 10.8. The third kappa shape index (κ3) is 7.58. The van der Waals surface area contributed by atoms with Crippen LogP contribution >= 0.6 is 24.0 Å². The van der Waals surface area contributed by atoms with Gasteiger partial charge in [0, 0.05) is 52.3 Å². The zero-order valence-electron chi connectivity index (χ0n) is 18.3. The Labute approximate surface area is 197 Å². The molecule has 1 aromatic heterocycles. The molecule has 1 aromatic carbocycles. The predicted molar refractivity (Wildman–Crippen MR) is 133 cm³/mol. The van der Waals surface area contributed by atoms with Gasteiger partial charge in [-0.25, -0.2) is 4.98 Å². The molecule has 0 amide bonds. The van der Waals surface area contributed by atoms with E-state index in [9.17, 15) is 0 Å². The van der Waals surface area contributed by atoms with Gasteiger partial charge in [-0.2, -0.15) is 0 Å². The molecule has 1 aliphatic rings. The number of guanidine groups is 1. The van der Waals surface area contributed by atoms with Gasteiger partial charge in [0.15, 0.2) is 5.96 Å². The van der Waals surface area contributed by atoms with Crippen LogP contribution in [0.2, 0.25) is 0 Å². The Bertz CT molecular complexity index is 739. The number of nitrogens with zero attached hydrogens (tertiary/aromatic N) is 3. The third-order valence-corrected chi connectivity index (χ3v) is 5.91. The first kappa shape index (κ1) is 24.7. The van der Waals surface area contributed by atoms with Gasteiger partial charge in [-0.05, 0) is 42.7 Å². The summed E-state index contributed by atoms with van der Waals surface area (Å²) in [5, 5.41) is 7.02. The second kappa shape index (κ2) is 12.9. The van der Waals surface area contributed by atoms with E-state index in [1.807, 2.05) is 25.8 Å². The second-order valence-electron chi connectivity index (χ2n) is 7.98. The zero-order valence-corrected chi connectivity index (χ0v) is 20.6. The highest BCUT2D eigenvalue weighted by molar-refractivity contribution is 14.0. The molecule has 0 atom stereocenters. The standard InChI is InChI=1S/C23H35N5O.HI/c1-3-29-15-12-23(10-4-5-11-23)18-27-22(24-2)26-16-20-6-8-21(9-7-20)17-28-14-13-25-19-28;/h6-9,13-14,19H,3-5,10-12,15-18H2,1-2H3,(H2,24,26,27);1H. The predicted octanol–water partition coefficient (Wildman–Crippen LogP) is 4.20. The van der Waals surface area contributed by atoms with E-state index in [1.54, 1.807) is 0 Å². The molecule has 166 valence electrons. The highest BCUT2D eigenvalue weighted by Crippen LogP contribution is 2.40.